The summed E-state index contributed by atoms with van der Waals surface area (Å²) in [6, 6.07) is 22.3. The van der Waals surface area contributed by atoms with Crippen LogP contribution in [0.3, 0.4) is 0 Å². The van der Waals surface area contributed by atoms with Crippen LogP contribution in [0.15, 0.2) is 84.3 Å². The van der Waals surface area contributed by atoms with Gasteiger partial charge in [0.2, 0.25) is 11.4 Å². The second kappa shape index (κ2) is 11.8. The van der Waals surface area contributed by atoms with Crippen LogP contribution in [0.5, 0.6) is 11.5 Å². The number of nitrogens with zero attached hydrogens (tertiary/aromatic N) is 2. The quantitative estimate of drug-likeness (QED) is 0.167. The van der Waals surface area contributed by atoms with E-state index in [9.17, 15) is 13.0 Å². The number of ether oxygens (including phenoxy) is 2. The molecule has 9 heteroatoms. The molecule has 1 aliphatic rings. The Labute approximate surface area is 239 Å². The summed E-state index contributed by atoms with van der Waals surface area (Å²) >= 11 is 1.73. The lowest BCUT2D eigenvalue weighted by molar-refractivity contribution is -0.665. The molecule has 4 aromatic rings. The second-order valence-corrected chi connectivity index (χ2v) is 12.1. The first kappa shape index (κ1) is 27.9. The summed E-state index contributed by atoms with van der Waals surface area (Å²) in [4.78, 5) is 2.00. The minimum atomic E-state index is -4.06. The highest BCUT2D eigenvalue weighted by molar-refractivity contribution is 7.85. The standard InChI is InChI=1S/C31H32N2O5S2/c1-4-22(19-31-32(5-2)27-21-25(37-3)13-15-29(27)39-31)18-30-33(16-9-17-40(34,35)36)26-20-24(12-14-28(26)38-30)23-10-7-6-8-11-23/h6-8,10-15,18-21H,4-5,9,16-17H2,1-3H3/p+1. The fourth-order valence-electron chi connectivity index (χ4n) is 4.86. The van der Waals surface area contributed by atoms with Crippen LogP contribution in [0.2, 0.25) is 0 Å². The Hall–Kier alpha value is -3.66. The lowest BCUT2D eigenvalue weighted by Gasteiger charge is -2.19. The maximum absolute atomic E-state index is 11.4. The van der Waals surface area contributed by atoms with Crippen LogP contribution < -0.4 is 18.9 Å². The molecule has 0 atom stereocenters. The Bertz CT molecular complexity index is 1690. The molecule has 5 rings (SSSR count). The summed E-state index contributed by atoms with van der Waals surface area (Å²) in [6.07, 6.45) is 5.25. The molecule has 0 bridgehead atoms. The normalized spacial score (nSPS) is 14.6. The first-order valence-electron chi connectivity index (χ1n) is 13.3. The zero-order valence-corrected chi connectivity index (χ0v) is 24.5. The van der Waals surface area contributed by atoms with Crippen molar-refractivity contribution in [2.75, 3.05) is 24.3 Å². The number of aromatic nitrogens is 1. The van der Waals surface area contributed by atoms with Crippen LogP contribution in [-0.4, -0.2) is 32.4 Å². The predicted molar refractivity (Wildman–Crippen MR) is 161 cm³/mol. The Kier molecular flexibility index (Phi) is 8.25. The third-order valence-corrected chi connectivity index (χ3v) is 8.82. The molecule has 0 radical (unpaired) electrons. The van der Waals surface area contributed by atoms with E-state index in [4.69, 9.17) is 9.47 Å². The predicted octanol–water partition coefficient (Wildman–Crippen LogP) is 6.70. The molecule has 0 saturated carbocycles. The van der Waals surface area contributed by atoms with E-state index in [-0.39, 0.29) is 12.2 Å². The molecule has 40 heavy (non-hydrogen) atoms. The van der Waals surface area contributed by atoms with Crippen molar-refractivity contribution >= 4 is 43.4 Å². The lowest BCUT2D eigenvalue weighted by atomic mass is 10.0. The van der Waals surface area contributed by atoms with E-state index < -0.39 is 10.1 Å². The van der Waals surface area contributed by atoms with Gasteiger partial charge in [0.25, 0.3) is 15.1 Å². The van der Waals surface area contributed by atoms with E-state index in [0.717, 1.165) is 51.6 Å². The summed E-state index contributed by atoms with van der Waals surface area (Å²) in [7, 11) is -2.39. The molecular weight excluding hydrogens is 544 g/mol. The zero-order valence-electron chi connectivity index (χ0n) is 22.8. The fourth-order valence-corrected chi connectivity index (χ4v) is 6.54. The average Bonchev–Trinajstić information content (AvgIpc) is 3.48. The van der Waals surface area contributed by atoms with Gasteiger partial charge in [-0.3, -0.25) is 4.55 Å². The molecule has 3 aromatic carbocycles. The summed E-state index contributed by atoms with van der Waals surface area (Å²) < 4.78 is 47.4. The average molecular weight is 578 g/mol. The minimum absolute atomic E-state index is 0.258. The molecule has 1 N–H and O–H groups in total. The lowest BCUT2D eigenvalue weighted by Crippen LogP contribution is -2.33. The van der Waals surface area contributed by atoms with Crippen LogP contribution >= 0.6 is 11.3 Å². The zero-order chi connectivity index (χ0) is 28.3. The molecule has 2 heterocycles. The summed E-state index contributed by atoms with van der Waals surface area (Å²) in [6.45, 7) is 5.43. The molecule has 0 fully saturated rings. The fraction of sp³-hybridized carbons (Fsp3) is 0.258. The molecule has 208 valence electrons. The smallest absolute Gasteiger partial charge is 0.264 e. The SMILES string of the molecule is CCC(=Cc1sc2ccc(OC)cc2[n+]1CC)C=C1Oc2ccc(-c3ccccc3)cc2N1CCCS(=O)(=O)O. The number of hydrogen-bond acceptors (Lipinski definition) is 6. The van der Waals surface area contributed by atoms with Crippen LogP contribution in [0.1, 0.15) is 31.7 Å². The van der Waals surface area contributed by atoms with Crippen molar-refractivity contribution in [2.24, 2.45) is 0 Å². The Balaban J connectivity index is 1.53. The van der Waals surface area contributed by atoms with Crippen LogP contribution in [0.25, 0.3) is 27.4 Å². The Morgan fingerprint density at radius 1 is 1.07 bits per heavy atom. The van der Waals surface area contributed by atoms with E-state index in [2.05, 4.69) is 54.8 Å². The summed E-state index contributed by atoms with van der Waals surface area (Å²) in [5.41, 5.74) is 5.20. The van der Waals surface area contributed by atoms with Crippen LogP contribution in [0.4, 0.5) is 5.69 Å². The minimum Gasteiger partial charge on any atom is -0.497 e. The maximum atomic E-state index is 11.4. The third kappa shape index (κ3) is 6.06. The maximum Gasteiger partial charge on any atom is 0.264 e. The molecule has 0 aliphatic carbocycles. The van der Waals surface area contributed by atoms with Gasteiger partial charge in [0.05, 0.1) is 24.6 Å². The summed E-state index contributed by atoms with van der Waals surface area (Å²) in [5.74, 6) is 1.86. The first-order valence-corrected chi connectivity index (χ1v) is 15.7. The van der Waals surface area contributed by atoms with Crippen LogP contribution in [0, 0.1) is 0 Å². The van der Waals surface area contributed by atoms with Gasteiger partial charge in [0.15, 0.2) is 5.75 Å². The van der Waals surface area contributed by atoms with Crippen molar-refractivity contribution in [3.8, 4) is 22.6 Å². The molecule has 0 amide bonds. The van der Waals surface area contributed by atoms with Crippen LogP contribution in [-0.2, 0) is 16.7 Å². The van der Waals surface area contributed by atoms with E-state index in [1.54, 1.807) is 18.4 Å². The summed E-state index contributed by atoms with van der Waals surface area (Å²) in [5, 5.41) is 1.12. The molecule has 7 nitrogen and oxygen atoms in total. The van der Waals surface area contributed by atoms with Crippen molar-refractivity contribution < 1.29 is 27.0 Å². The third-order valence-electron chi connectivity index (χ3n) is 6.90. The Morgan fingerprint density at radius 3 is 2.58 bits per heavy atom. The molecule has 0 spiro atoms. The molecule has 0 saturated heterocycles. The number of allylic oxidation sites excluding steroid dienone is 2. The van der Waals surface area contributed by atoms with Gasteiger partial charge >= 0.3 is 0 Å². The van der Waals surface area contributed by atoms with E-state index in [0.29, 0.717) is 18.2 Å². The monoisotopic (exact) mass is 577 g/mol. The number of fused-ring (bicyclic) bond motifs is 2. The number of benzene rings is 3. The van der Waals surface area contributed by atoms with Gasteiger partial charge < -0.3 is 14.4 Å². The highest BCUT2D eigenvalue weighted by Crippen LogP contribution is 2.42. The van der Waals surface area contributed by atoms with Crippen molar-refractivity contribution in [3.05, 3.63) is 89.3 Å². The highest BCUT2D eigenvalue weighted by Gasteiger charge is 2.28. The van der Waals surface area contributed by atoms with Gasteiger partial charge in [-0.2, -0.15) is 13.0 Å². The van der Waals surface area contributed by atoms with Crippen molar-refractivity contribution in [3.63, 3.8) is 0 Å². The number of aryl methyl sites for hydroxylation is 1. The molecular formula is C31H33N2O5S2+. The van der Waals surface area contributed by atoms with Gasteiger partial charge in [0, 0.05) is 18.7 Å². The molecule has 1 aromatic heterocycles. The van der Waals surface area contributed by atoms with E-state index in [1.807, 2.05) is 47.4 Å². The second-order valence-electron chi connectivity index (χ2n) is 9.52. The largest absolute Gasteiger partial charge is 0.497 e. The molecule has 0 unspecified atom stereocenters. The number of rotatable bonds is 10. The Morgan fingerprint density at radius 2 is 1.88 bits per heavy atom. The van der Waals surface area contributed by atoms with Crippen molar-refractivity contribution in [1.82, 2.24) is 0 Å². The number of hydrogen-bond donors (Lipinski definition) is 1. The van der Waals surface area contributed by atoms with Crippen molar-refractivity contribution in [2.45, 2.75) is 33.2 Å². The molecule has 1 aliphatic heterocycles. The highest BCUT2D eigenvalue weighted by atomic mass is 32.2. The topological polar surface area (TPSA) is 80.0 Å². The number of thiazole rings is 1. The van der Waals surface area contributed by atoms with Gasteiger partial charge in [-0.05, 0) is 60.7 Å². The van der Waals surface area contributed by atoms with E-state index >= 15 is 0 Å². The number of anilines is 1. The van der Waals surface area contributed by atoms with Gasteiger partial charge in [0.1, 0.15) is 17.0 Å². The van der Waals surface area contributed by atoms with E-state index in [1.165, 1.54) is 4.70 Å². The van der Waals surface area contributed by atoms with Gasteiger partial charge in [-0.1, -0.05) is 54.7 Å². The van der Waals surface area contributed by atoms with Gasteiger partial charge in [-0.15, -0.1) is 0 Å². The van der Waals surface area contributed by atoms with Gasteiger partial charge in [-0.25, -0.2) is 0 Å². The van der Waals surface area contributed by atoms with Crippen molar-refractivity contribution in [1.29, 1.82) is 0 Å². The number of methoxy groups -OCH3 is 1. The first-order chi connectivity index (χ1) is 19.3.